The zero-order valence-electron chi connectivity index (χ0n) is 24.4. The maximum Gasteiger partial charge on any atom is 0.261 e. The lowest BCUT2D eigenvalue weighted by Gasteiger charge is -2.27. The van der Waals surface area contributed by atoms with Crippen molar-refractivity contribution in [3.8, 4) is 0 Å². The predicted octanol–water partition coefficient (Wildman–Crippen LogP) is 4.40. The van der Waals surface area contributed by atoms with Crippen LogP contribution >= 0.6 is 0 Å². The first-order valence-electron chi connectivity index (χ1n) is 14.0. The van der Waals surface area contributed by atoms with Gasteiger partial charge in [-0.3, -0.25) is 24.3 Å². The van der Waals surface area contributed by atoms with Crippen LogP contribution in [0.15, 0.2) is 70.3 Å². The summed E-state index contributed by atoms with van der Waals surface area (Å²) in [7, 11) is 1.74. The summed E-state index contributed by atoms with van der Waals surface area (Å²) in [6, 6.07) is 13.5. The average molecular weight is 556 g/mol. The molecule has 0 fully saturated rings. The second-order valence-corrected chi connectivity index (χ2v) is 11.2. The molecular formula is C32H37N5O4. The van der Waals surface area contributed by atoms with Gasteiger partial charge in [0.1, 0.15) is 11.0 Å². The SMILES string of the molecule is CCN1C(=O)C(C)(C)C(=O)N(C)c2cc(CCN(CCn3ccc4occc4c3=O)Cc3ncccc3C)ccc21. The lowest BCUT2D eigenvalue weighted by Crippen LogP contribution is -2.47. The van der Waals surface area contributed by atoms with E-state index >= 15 is 0 Å². The van der Waals surface area contributed by atoms with E-state index in [0.29, 0.717) is 37.1 Å². The van der Waals surface area contributed by atoms with Crippen molar-refractivity contribution in [3.63, 3.8) is 0 Å². The molecule has 0 saturated carbocycles. The Morgan fingerprint density at radius 1 is 1.00 bits per heavy atom. The van der Waals surface area contributed by atoms with E-state index in [1.165, 1.54) is 6.26 Å². The quantitative estimate of drug-likeness (QED) is 0.285. The Bertz CT molecular complexity index is 1650. The van der Waals surface area contributed by atoms with Crippen LogP contribution in [0.1, 0.15) is 37.6 Å². The Labute approximate surface area is 240 Å². The van der Waals surface area contributed by atoms with Gasteiger partial charge >= 0.3 is 0 Å². The van der Waals surface area contributed by atoms with Crippen molar-refractivity contribution in [2.75, 3.05) is 36.5 Å². The van der Waals surface area contributed by atoms with Crippen molar-refractivity contribution in [2.24, 2.45) is 5.41 Å². The van der Waals surface area contributed by atoms with Crippen LogP contribution in [0.3, 0.4) is 0 Å². The minimum Gasteiger partial charge on any atom is -0.464 e. The normalized spacial score (nSPS) is 15.1. The van der Waals surface area contributed by atoms with E-state index in [1.54, 1.807) is 53.7 Å². The fourth-order valence-electron chi connectivity index (χ4n) is 5.49. The molecule has 0 N–H and O–H groups in total. The highest BCUT2D eigenvalue weighted by molar-refractivity contribution is 6.19. The van der Waals surface area contributed by atoms with E-state index in [9.17, 15) is 14.4 Å². The van der Waals surface area contributed by atoms with Gasteiger partial charge in [0.25, 0.3) is 5.56 Å². The van der Waals surface area contributed by atoms with Crippen LogP contribution in [0.5, 0.6) is 0 Å². The summed E-state index contributed by atoms with van der Waals surface area (Å²) >= 11 is 0. The number of furan rings is 1. The Balaban J connectivity index is 1.39. The number of carbonyl (C=O) groups excluding carboxylic acids is 2. The summed E-state index contributed by atoms with van der Waals surface area (Å²) in [5, 5.41) is 0.575. The van der Waals surface area contributed by atoms with Crippen LogP contribution < -0.4 is 15.4 Å². The maximum absolute atomic E-state index is 13.3. The molecule has 2 amide bonds. The smallest absolute Gasteiger partial charge is 0.261 e. The standard InChI is InChI=1S/C32H37N5O4/c1-6-37-26-10-9-23(20-27(26)34(5)30(39)32(3,4)31(37)40)11-15-35(21-25-22(2)8-7-14-33-25)17-18-36-16-12-28-24(29(36)38)13-19-41-28/h7-10,12-14,16,19-20H,6,11,15,17-18,21H2,1-5H3. The molecule has 4 aromatic rings. The molecule has 5 rings (SSSR count). The van der Waals surface area contributed by atoms with Crippen molar-refractivity contribution >= 4 is 34.2 Å². The first-order chi connectivity index (χ1) is 19.6. The van der Waals surface area contributed by atoms with Gasteiger partial charge in [0.15, 0.2) is 0 Å². The molecule has 1 aromatic carbocycles. The van der Waals surface area contributed by atoms with E-state index in [1.807, 2.05) is 37.3 Å². The van der Waals surface area contributed by atoms with Crippen molar-refractivity contribution in [1.82, 2.24) is 14.5 Å². The molecule has 1 aliphatic heterocycles. The van der Waals surface area contributed by atoms with E-state index < -0.39 is 5.41 Å². The lowest BCUT2D eigenvalue weighted by atomic mass is 9.90. The van der Waals surface area contributed by atoms with Crippen LogP contribution in [0.25, 0.3) is 11.0 Å². The Morgan fingerprint density at radius 3 is 2.56 bits per heavy atom. The molecule has 0 saturated heterocycles. The van der Waals surface area contributed by atoms with Crippen molar-refractivity contribution in [3.05, 3.63) is 88.3 Å². The number of fused-ring (bicyclic) bond motifs is 2. The van der Waals surface area contributed by atoms with Gasteiger partial charge in [-0.15, -0.1) is 0 Å². The highest BCUT2D eigenvalue weighted by atomic mass is 16.3. The Kier molecular flexibility index (Phi) is 7.82. The molecule has 0 spiro atoms. The number of hydrogen-bond acceptors (Lipinski definition) is 6. The summed E-state index contributed by atoms with van der Waals surface area (Å²) in [5.41, 5.74) is 4.04. The highest BCUT2D eigenvalue weighted by Crippen LogP contribution is 2.38. The Morgan fingerprint density at radius 2 is 1.80 bits per heavy atom. The third kappa shape index (κ3) is 5.41. The van der Waals surface area contributed by atoms with Crippen LogP contribution in [0.4, 0.5) is 11.4 Å². The third-order valence-corrected chi connectivity index (χ3v) is 8.08. The molecule has 0 radical (unpaired) electrons. The first-order valence-corrected chi connectivity index (χ1v) is 14.0. The summed E-state index contributed by atoms with van der Waals surface area (Å²) in [5.74, 6) is -0.409. The van der Waals surface area contributed by atoms with Crippen molar-refractivity contribution in [2.45, 2.75) is 47.2 Å². The number of amides is 2. The second kappa shape index (κ2) is 11.3. The lowest BCUT2D eigenvalue weighted by molar-refractivity contribution is -0.137. The van der Waals surface area contributed by atoms with Gasteiger partial charge in [-0.05, 0) is 75.6 Å². The minimum atomic E-state index is -1.14. The van der Waals surface area contributed by atoms with E-state index in [4.69, 9.17) is 4.42 Å². The maximum atomic E-state index is 13.3. The van der Waals surface area contributed by atoms with Gasteiger partial charge in [-0.2, -0.15) is 0 Å². The molecule has 0 atom stereocenters. The van der Waals surface area contributed by atoms with Crippen LogP contribution in [-0.2, 0) is 29.1 Å². The van der Waals surface area contributed by atoms with Crippen molar-refractivity contribution in [1.29, 1.82) is 0 Å². The first kappa shape index (κ1) is 28.3. The molecular weight excluding hydrogens is 518 g/mol. The van der Waals surface area contributed by atoms with Crippen LogP contribution in [0, 0.1) is 12.3 Å². The number of benzene rings is 1. The molecule has 214 valence electrons. The predicted molar refractivity (Wildman–Crippen MR) is 160 cm³/mol. The molecule has 41 heavy (non-hydrogen) atoms. The molecule has 3 aromatic heterocycles. The number of nitrogens with zero attached hydrogens (tertiary/aromatic N) is 5. The van der Waals surface area contributed by atoms with E-state index in [2.05, 4.69) is 22.9 Å². The van der Waals surface area contributed by atoms with Gasteiger partial charge in [0.2, 0.25) is 11.8 Å². The van der Waals surface area contributed by atoms with Gasteiger partial charge in [0.05, 0.1) is 28.7 Å². The number of aryl methyl sites for hydroxylation is 1. The van der Waals surface area contributed by atoms with Crippen LogP contribution in [-0.4, -0.2) is 52.9 Å². The van der Waals surface area contributed by atoms with Gasteiger partial charge < -0.3 is 18.8 Å². The topological polar surface area (TPSA) is 91.9 Å². The fourth-order valence-corrected chi connectivity index (χ4v) is 5.49. The number of pyridine rings is 2. The second-order valence-electron chi connectivity index (χ2n) is 11.2. The number of carbonyl (C=O) groups is 2. The minimum absolute atomic E-state index is 0.0679. The zero-order chi connectivity index (χ0) is 29.3. The number of anilines is 2. The van der Waals surface area contributed by atoms with Crippen molar-refractivity contribution < 1.29 is 14.0 Å². The summed E-state index contributed by atoms with van der Waals surface area (Å²) in [6.45, 7) is 10.4. The van der Waals surface area contributed by atoms with E-state index in [-0.39, 0.29) is 17.4 Å². The number of rotatable bonds is 9. The summed E-state index contributed by atoms with van der Waals surface area (Å²) in [6.07, 6.45) is 5.84. The number of hydrogen-bond donors (Lipinski definition) is 0. The monoisotopic (exact) mass is 555 g/mol. The number of aromatic nitrogens is 2. The molecule has 9 nitrogen and oxygen atoms in total. The summed E-state index contributed by atoms with van der Waals surface area (Å²) in [4.78, 5) is 49.6. The molecule has 9 heteroatoms. The molecule has 4 heterocycles. The average Bonchev–Trinajstić information content (AvgIpc) is 3.44. The Hall–Kier alpha value is -4.24. The molecule has 0 bridgehead atoms. The highest BCUT2D eigenvalue weighted by Gasteiger charge is 2.45. The third-order valence-electron chi connectivity index (χ3n) is 8.08. The largest absolute Gasteiger partial charge is 0.464 e. The van der Waals surface area contributed by atoms with Crippen LogP contribution in [0.2, 0.25) is 0 Å². The summed E-state index contributed by atoms with van der Waals surface area (Å²) < 4.78 is 7.09. The van der Waals surface area contributed by atoms with Gasteiger partial charge in [0, 0.05) is 52.2 Å². The molecule has 0 unspecified atom stereocenters. The zero-order valence-corrected chi connectivity index (χ0v) is 24.4. The molecule has 1 aliphatic rings. The van der Waals surface area contributed by atoms with E-state index in [0.717, 1.165) is 41.2 Å². The van der Waals surface area contributed by atoms with Gasteiger partial charge in [-0.25, -0.2) is 0 Å². The van der Waals surface area contributed by atoms with Gasteiger partial charge in [-0.1, -0.05) is 12.1 Å². The molecule has 0 aliphatic carbocycles. The fraction of sp³-hybridized carbons (Fsp3) is 0.375.